The smallest absolute Gasteiger partial charge is 0.128 e. The van der Waals surface area contributed by atoms with Gasteiger partial charge in [-0.1, -0.05) is 13.8 Å². The molecule has 0 amide bonds. The summed E-state index contributed by atoms with van der Waals surface area (Å²) in [6, 6.07) is 2.13. The summed E-state index contributed by atoms with van der Waals surface area (Å²) in [6.07, 6.45) is 3.34. The van der Waals surface area contributed by atoms with Gasteiger partial charge in [0.1, 0.15) is 5.82 Å². The minimum absolute atomic E-state index is 0.359. The fourth-order valence-corrected chi connectivity index (χ4v) is 2.32. The summed E-state index contributed by atoms with van der Waals surface area (Å²) in [4.78, 5) is 6.78. The minimum atomic E-state index is 0.359. The zero-order chi connectivity index (χ0) is 13.1. The number of pyridine rings is 1. The van der Waals surface area contributed by atoms with Crippen molar-refractivity contribution in [3.63, 3.8) is 0 Å². The lowest BCUT2D eigenvalue weighted by atomic mass is 10.2. The van der Waals surface area contributed by atoms with E-state index in [4.69, 9.17) is 4.74 Å². The third-order valence-corrected chi connectivity index (χ3v) is 4.00. The lowest BCUT2D eigenvalue weighted by Crippen LogP contribution is -2.24. The summed E-state index contributed by atoms with van der Waals surface area (Å²) in [5, 5.41) is 0. The number of nitrogens with zero attached hydrogens (tertiary/aromatic N) is 2. The van der Waals surface area contributed by atoms with E-state index in [-0.39, 0.29) is 0 Å². The Morgan fingerprint density at radius 3 is 3.00 bits per heavy atom. The van der Waals surface area contributed by atoms with Gasteiger partial charge in [-0.25, -0.2) is 4.98 Å². The normalized spacial score (nSPS) is 19.8. The molecule has 1 atom stereocenters. The molecule has 1 unspecified atom stereocenters. The zero-order valence-electron chi connectivity index (χ0n) is 11.3. The van der Waals surface area contributed by atoms with Crippen LogP contribution in [0.1, 0.15) is 25.8 Å². The third kappa shape index (κ3) is 3.45. The third-order valence-electron chi connectivity index (χ3n) is 3.17. The fourth-order valence-electron chi connectivity index (χ4n) is 2.10. The summed E-state index contributed by atoms with van der Waals surface area (Å²) in [6.45, 7) is 9.32. The van der Waals surface area contributed by atoms with Crippen molar-refractivity contribution in [2.45, 2.75) is 33.3 Å². The van der Waals surface area contributed by atoms with Crippen molar-refractivity contribution in [3.05, 3.63) is 22.3 Å². The van der Waals surface area contributed by atoms with Crippen LogP contribution < -0.4 is 4.90 Å². The van der Waals surface area contributed by atoms with Crippen LogP contribution >= 0.6 is 15.9 Å². The van der Waals surface area contributed by atoms with Gasteiger partial charge in [0, 0.05) is 30.4 Å². The predicted molar refractivity (Wildman–Crippen MR) is 78.1 cm³/mol. The molecule has 18 heavy (non-hydrogen) atoms. The molecule has 0 radical (unpaired) electrons. The maximum absolute atomic E-state index is 5.89. The van der Waals surface area contributed by atoms with Crippen LogP contribution in [0.15, 0.2) is 16.7 Å². The molecule has 0 bridgehead atoms. The molecular weight excluding hydrogens is 292 g/mol. The topological polar surface area (TPSA) is 25.4 Å². The van der Waals surface area contributed by atoms with Gasteiger partial charge in [0.2, 0.25) is 0 Å². The molecular formula is C14H21BrN2O. The second-order valence-electron chi connectivity index (χ2n) is 5.38. The molecule has 2 rings (SSSR count). The van der Waals surface area contributed by atoms with Crippen molar-refractivity contribution < 1.29 is 4.74 Å². The van der Waals surface area contributed by atoms with E-state index < -0.39 is 0 Å². The van der Waals surface area contributed by atoms with Crippen LogP contribution in [-0.4, -0.2) is 30.8 Å². The van der Waals surface area contributed by atoms with Crippen LogP contribution in [0.5, 0.6) is 0 Å². The molecule has 1 fully saturated rings. The first-order valence-electron chi connectivity index (χ1n) is 6.55. The van der Waals surface area contributed by atoms with Crippen LogP contribution in [-0.2, 0) is 4.74 Å². The Morgan fingerprint density at radius 2 is 2.33 bits per heavy atom. The fraction of sp³-hybridized carbons (Fsp3) is 0.643. The van der Waals surface area contributed by atoms with E-state index in [1.165, 1.54) is 5.56 Å². The van der Waals surface area contributed by atoms with Crippen LogP contribution in [0.3, 0.4) is 0 Å². The quantitative estimate of drug-likeness (QED) is 0.852. The van der Waals surface area contributed by atoms with Crippen molar-refractivity contribution >= 4 is 21.7 Å². The molecule has 0 spiro atoms. The highest BCUT2D eigenvalue weighted by atomic mass is 79.9. The van der Waals surface area contributed by atoms with Gasteiger partial charge >= 0.3 is 0 Å². The maximum atomic E-state index is 5.89. The second-order valence-corrected chi connectivity index (χ2v) is 6.23. The molecule has 1 aliphatic heterocycles. The first-order chi connectivity index (χ1) is 8.56. The number of rotatable bonds is 4. The van der Waals surface area contributed by atoms with Gasteiger partial charge < -0.3 is 9.64 Å². The Bertz CT molecular complexity index is 409. The summed E-state index contributed by atoms with van der Waals surface area (Å²) in [7, 11) is 0. The van der Waals surface area contributed by atoms with Crippen LogP contribution in [0.25, 0.3) is 0 Å². The van der Waals surface area contributed by atoms with Gasteiger partial charge in [-0.05, 0) is 46.8 Å². The summed E-state index contributed by atoms with van der Waals surface area (Å²) >= 11 is 3.48. The van der Waals surface area contributed by atoms with Crippen LogP contribution in [0, 0.1) is 12.8 Å². The maximum Gasteiger partial charge on any atom is 0.128 e. The van der Waals surface area contributed by atoms with Gasteiger partial charge in [0.25, 0.3) is 0 Å². The monoisotopic (exact) mass is 312 g/mol. The van der Waals surface area contributed by atoms with E-state index in [0.29, 0.717) is 12.0 Å². The highest BCUT2D eigenvalue weighted by molar-refractivity contribution is 9.10. The van der Waals surface area contributed by atoms with Crippen LogP contribution in [0.2, 0.25) is 0 Å². The Hall–Kier alpha value is -0.610. The van der Waals surface area contributed by atoms with Crippen molar-refractivity contribution in [2.24, 2.45) is 5.92 Å². The number of aromatic nitrogens is 1. The molecule has 0 saturated carbocycles. The number of halogens is 1. The zero-order valence-corrected chi connectivity index (χ0v) is 12.9. The highest BCUT2D eigenvalue weighted by Gasteiger charge is 2.24. The van der Waals surface area contributed by atoms with Gasteiger partial charge in [-0.2, -0.15) is 0 Å². The Balaban J connectivity index is 1.93. The Morgan fingerprint density at radius 1 is 1.56 bits per heavy atom. The van der Waals surface area contributed by atoms with E-state index in [9.17, 15) is 0 Å². The minimum Gasteiger partial charge on any atom is -0.376 e. The van der Waals surface area contributed by atoms with Crippen molar-refractivity contribution in [2.75, 3.05) is 24.6 Å². The van der Waals surface area contributed by atoms with Gasteiger partial charge in [0.05, 0.1) is 6.10 Å². The van der Waals surface area contributed by atoms with Crippen molar-refractivity contribution in [1.29, 1.82) is 0 Å². The summed E-state index contributed by atoms with van der Waals surface area (Å²) in [5.41, 5.74) is 1.23. The summed E-state index contributed by atoms with van der Waals surface area (Å²) < 4.78 is 6.96. The van der Waals surface area contributed by atoms with E-state index >= 15 is 0 Å². The van der Waals surface area contributed by atoms with E-state index in [1.54, 1.807) is 0 Å². The lowest BCUT2D eigenvalue weighted by molar-refractivity contribution is 0.0497. The van der Waals surface area contributed by atoms with Gasteiger partial charge in [0.15, 0.2) is 0 Å². The Kier molecular flexibility index (Phi) is 4.62. The largest absolute Gasteiger partial charge is 0.376 e. The predicted octanol–water partition coefficient (Wildman–Crippen LogP) is 3.40. The number of anilines is 1. The molecule has 1 aliphatic rings. The number of hydrogen-bond acceptors (Lipinski definition) is 3. The summed E-state index contributed by atoms with van der Waals surface area (Å²) in [5.74, 6) is 1.67. The second kappa shape index (κ2) is 6.02. The molecule has 1 aromatic heterocycles. The molecule has 3 nitrogen and oxygen atoms in total. The van der Waals surface area contributed by atoms with Crippen molar-refractivity contribution in [1.82, 2.24) is 4.98 Å². The standard InChI is InChI=1S/C14H21BrN2O/c1-10(2)9-18-12-4-5-17(8-12)14-6-11(3)13(15)7-16-14/h6-7,10,12H,4-5,8-9H2,1-3H3. The molecule has 0 N–H and O–H groups in total. The molecule has 1 aromatic rings. The van der Waals surface area contributed by atoms with E-state index in [0.717, 1.165) is 36.4 Å². The number of aryl methyl sites for hydroxylation is 1. The lowest BCUT2D eigenvalue weighted by Gasteiger charge is -2.18. The van der Waals surface area contributed by atoms with Gasteiger partial charge in [-0.3, -0.25) is 0 Å². The van der Waals surface area contributed by atoms with Crippen LogP contribution in [0.4, 0.5) is 5.82 Å². The van der Waals surface area contributed by atoms with Crippen molar-refractivity contribution in [3.8, 4) is 0 Å². The molecule has 0 aromatic carbocycles. The molecule has 0 aliphatic carbocycles. The average molecular weight is 313 g/mol. The molecule has 1 saturated heterocycles. The van der Waals surface area contributed by atoms with Gasteiger partial charge in [-0.15, -0.1) is 0 Å². The molecule has 100 valence electrons. The Labute approximate surface area is 118 Å². The SMILES string of the molecule is Cc1cc(N2CCC(OCC(C)C)C2)ncc1Br. The highest BCUT2D eigenvalue weighted by Crippen LogP contribution is 2.24. The first kappa shape index (κ1) is 13.8. The molecule has 2 heterocycles. The average Bonchev–Trinajstić information content (AvgIpc) is 2.79. The molecule has 4 heteroatoms. The number of ether oxygens (including phenoxy) is 1. The first-order valence-corrected chi connectivity index (χ1v) is 7.34. The number of hydrogen-bond donors (Lipinski definition) is 0. The van der Waals surface area contributed by atoms with E-state index in [2.05, 4.69) is 52.7 Å². The van der Waals surface area contributed by atoms with E-state index in [1.807, 2.05) is 6.20 Å².